The highest BCUT2D eigenvalue weighted by Crippen LogP contribution is 2.35. The number of carboxylic acid groups (broad SMARTS) is 2. The first kappa shape index (κ1) is 33.2. The second-order valence-electron chi connectivity index (χ2n) is 14.0. The number of rotatable bonds is 14. The minimum Gasteiger partial charge on any atom is -0.481 e. The van der Waals surface area contributed by atoms with Crippen molar-refractivity contribution in [3.63, 3.8) is 0 Å². The van der Waals surface area contributed by atoms with E-state index in [-0.39, 0.29) is 22.4 Å². The predicted octanol–water partition coefficient (Wildman–Crippen LogP) is 7.81. The van der Waals surface area contributed by atoms with Crippen molar-refractivity contribution in [3.8, 4) is 0 Å². The summed E-state index contributed by atoms with van der Waals surface area (Å²) in [6, 6.07) is 0. The zero-order chi connectivity index (χ0) is 30.5. The quantitative estimate of drug-likeness (QED) is 0.213. The standard InChI is InChI=1S/C34H48O6/c1-31(2)19-23(13-9-11-17-33(5,6)29(37)38)27(35)25(21-31)15-16-26-22-32(3,4)20-24(28(26)36)14-10-12-18-34(7,8)30(39)40/h15-16,19-22H,9-14,17-18H2,1-8H3,(H,37,38)(H,39,40). The van der Waals surface area contributed by atoms with Gasteiger partial charge in [-0.1, -0.05) is 77.0 Å². The van der Waals surface area contributed by atoms with Gasteiger partial charge in [-0.2, -0.15) is 0 Å². The fourth-order valence-corrected chi connectivity index (χ4v) is 5.19. The molecule has 6 nitrogen and oxygen atoms in total. The summed E-state index contributed by atoms with van der Waals surface area (Å²) in [6.45, 7) is 15.1. The number of carboxylic acids is 2. The number of carbonyl (C=O) groups is 4. The zero-order valence-corrected chi connectivity index (χ0v) is 25.6. The molecule has 0 aromatic heterocycles. The molecule has 0 saturated carbocycles. The number of ketones is 2. The maximum atomic E-state index is 13.3. The van der Waals surface area contributed by atoms with E-state index < -0.39 is 22.8 Å². The Hall–Kier alpha value is -3.02. The summed E-state index contributed by atoms with van der Waals surface area (Å²) in [7, 11) is 0. The van der Waals surface area contributed by atoms with Crippen molar-refractivity contribution < 1.29 is 29.4 Å². The van der Waals surface area contributed by atoms with Crippen LogP contribution < -0.4 is 0 Å². The molecule has 0 saturated heterocycles. The van der Waals surface area contributed by atoms with Crippen LogP contribution in [0.4, 0.5) is 0 Å². The highest BCUT2D eigenvalue weighted by atomic mass is 16.4. The van der Waals surface area contributed by atoms with Gasteiger partial charge in [-0.25, -0.2) is 0 Å². The Balaban J connectivity index is 2.08. The van der Waals surface area contributed by atoms with Gasteiger partial charge in [0.15, 0.2) is 11.6 Å². The van der Waals surface area contributed by atoms with Crippen molar-refractivity contribution in [2.24, 2.45) is 21.7 Å². The second-order valence-corrected chi connectivity index (χ2v) is 14.0. The molecule has 2 aliphatic rings. The number of aliphatic carboxylic acids is 2. The number of carbonyl (C=O) groups excluding carboxylic acids is 2. The molecule has 0 atom stereocenters. The lowest BCUT2D eigenvalue weighted by Crippen LogP contribution is -2.23. The third kappa shape index (κ3) is 9.28. The maximum absolute atomic E-state index is 13.3. The van der Waals surface area contributed by atoms with E-state index >= 15 is 0 Å². The molecule has 2 N–H and O–H groups in total. The molecule has 0 aliphatic heterocycles. The minimum absolute atomic E-state index is 0.0481. The molecule has 0 bridgehead atoms. The van der Waals surface area contributed by atoms with Gasteiger partial charge >= 0.3 is 11.9 Å². The monoisotopic (exact) mass is 552 g/mol. The van der Waals surface area contributed by atoms with Crippen molar-refractivity contribution in [2.75, 3.05) is 0 Å². The zero-order valence-electron chi connectivity index (χ0n) is 25.6. The van der Waals surface area contributed by atoms with Gasteiger partial charge in [-0.3, -0.25) is 19.2 Å². The van der Waals surface area contributed by atoms with Crippen LogP contribution in [0.3, 0.4) is 0 Å². The summed E-state index contributed by atoms with van der Waals surface area (Å²) in [5, 5.41) is 18.7. The fourth-order valence-electron chi connectivity index (χ4n) is 5.19. The van der Waals surface area contributed by atoms with Gasteiger partial charge in [-0.15, -0.1) is 0 Å². The predicted molar refractivity (Wildman–Crippen MR) is 159 cm³/mol. The third-order valence-corrected chi connectivity index (χ3v) is 7.85. The molecular weight excluding hydrogens is 504 g/mol. The van der Waals surface area contributed by atoms with E-state index in [1.807, 2.05) is 52.0 Å². The third-order valence-electron chi connectivity index (χ3n) is 7.85. The SMILES string of the molecule is CC1(C)C=C(C=CC2=CC(C)(C)C=C(CCCCC(C)(C)C(=O)O)C2=O)C(=O)C(CCCCC(C)(C)C(=O)O)=C1. The number of unbranched alkanes of at least 4 members (excludes halogenated alkanes) is 2. The summed E-state index contributed by atoms with van der Waals surface area (Å²) >= 11 is 0. The molecule has 0 unspecified atom stereocenters. The highest BCUT2D eigenvalue weighted by molar-refractivity contribution is 6.13. The van der Waals surface area contributed by atoms with Crippen molar-refractivity contribution in [3.05, 3.63) is 58.7 Å². The lowest BCUT2D eigenvalue weighted by molar-refractivity contribution is -0.148. The highest BCUT2D eigenvalue weighted by Gasteiger charge is 2.30. The fraction of sp³-hybridized carbons (Fsp3) is 0.588. The Morgan fingerprint density at radius 2 is 0.975 bits per heavy atom. The topological polar surface area (TPSA) is 109 Å². The first-order valence-electron chi connectivity index (χ1n) is 14.4. The molecule has 0 heterocycles. The van der Waals surface area contributed by atoms with Crippen LogP contribution in [-0.2, 0) is 19.2 Å². The molecule has 40 heavy (non-hydrogen) atoms. The van der Waals surface area contributed by atoms with Crippen molar-refractivity contribution in [1.82, 2.24) is 0 Å². The van der Waals surface area contributed by atoms with Gasteiger partial charge in [0, 0.05) is 22.0 Å². The largest absolute Gasteiger partial charge is 0.481 e. The number of hydrogen-bond acceptors (Lipinski definition) is 4. The van der Waals surface area contributed by atoms with Gasteiger partial charge in [0.05, 0.1) is 10.8 Å². The maximum Gasteiger partial charge on any atom is 0.309 e. The van der Waals surface area contributed by atoms with Crippen LogP contribution in [0.1, 0.15) is 107 Å². The van der Waals surface area contributed by atoms with Gasteiger partial charge in [0.1, 0.15) is 0 Å². The summed E-state index contributed by atoms with van der Waals surface area (Å²) in [6.07, 6.45) is 16.5. The van der Waals surface area contributed by atoms with Gasteiger partial charge in [0.2, 0.25) is 0 Å². The van der Waals surface area contributed by atoms with Crippen molar-refractivity contribution in [2.45, 2.75) is 107 Å². The van der Waals surface area contributed by atoms with Crippen LogP contribution in [0.5, 0.6) is 0 Å². The number of Topliss-reactive ketones (excluding diaryl/α,β-unsaturated/α-hetero) is 2. The molecule has 0 aromatic rings. The smallest absolute Gasteiger partial charge is 0.309 e. The van der Waals surface area contributed by atoms with Crippen LogP contribution in [0.2, 0.25) is 0 Å². The Morgan fingerprint density at radius 1 is 0.650 bits per heavy atom. The summed E-state index contributed by atoms with van der Waals surface area (Å²) < 4.78 is 0. The molecule has 2 aliphatic carbocycles. The van der Waals surface area contributed by atoms with Gasteiger partial charge in [0.25, 0.3) is 0 Å². The van der Waals surface area contributed by atoms with Crippen LogP contribution in [0.25, 0.3) is 0 Å². The molecule has 220 valence electrons. The van der Waals surface area contributed by atoms with E-state index in [9.17, 15) is 29.4 Å². The summed E-state index contributed by atoms with van der Waals surface area (Å²) in [5.74, 6) is -1.72. The van der Waals surface area contributed by atoms with Crippen LogP contribution >= 0.6 is 0 Å². The van der Waals surface area contributed by atoms with Crippen LogP contribution in [0, 0.1) is 21.7 Å². The van der Waals surface area contributed by atoms with E-state index in [1.165, 1.54) is 0 Å². The Bertz CT molecular complexity index is 1090. The van der Waals surface area contributed by atoms with Crippen LogP contribution in [-0.4, -0.2) is 33.7 Å². The molecule has 0 spiro atoms. The first-order valence-corrected chi connectivity index (χ1v) is 14.4. The molecule has 0 fully saturated rings. The van der Waals surface area contributed by atoms with Gasteiger partial charge < -0.3 is 10.2 Å². The lowest BCUT2D eigenvalue weighted by atomic mass is 9.77. The van der Waals surface area contributed by atoms with E-state index in [4.69, 9.17) is 0 Å². The lowest BCUT2D eigenvalue weighted by Gasteiger charge is -2.26. The van der Waals surface area contributed by atoms with E-state index in [0.29, 0.717) is 36.8 Å². The average molecular weight is 553 g/mol. The van der Waals surface area contributed by atoms with Crippen LogP contribution in [0.15, 0.2) is 58.7 Å². The van der Waals surface area contributed by atoms with Gasteiger partial charge in [-0.05, 0) is 77.4 Å². The first-order chi connectivity index (χ1) is 18.3. The Morgan fingerprint density at radius 3 is 1.27 bits per heavy atom. The van der Waals surface area contributed by atoms with E-state index in [1.54, 1.807) is 39.8 Å². The van der Waals surface area contributed by atoms with Crippen molar-refractivity contribution >= 4 is 23.5 Å². The number of allylic oxidation sites excluding steroid dienone is 10. The molecule has 6 heteroatoms. The number of hydrogen-bond donors (Lipinski definition) is 2. The van der Waals surface area contributed by atoms with E-state index in [0.717, 1.165) is 36.8 Å². The molecule has 2 rings (SSSR count). The molecule has 0 amide bonds. The summed E-state index contributed by atoms with van der Waals surface area (Å²) in [4.78, 5) is 49.4. The van der Waals surface area contributed by atoms with Crippen molar-refractivity contribution in [1.29, 1.82) is 0 Å². The second kappa shape index (κ2) is 12.7. The Labute approximate surface area is 240 Å². The van der Waals surface area contributed by atoms with E-state index in [2.05, 4.69) is 0 Å². The average Bonchev–Trinajstić information content (AvgIpc) is 2.82. The Kier molecular flexibility index (Phi) is 10.5. The molecule has 0 radical (unpaired) electrons. The molecule has 0 aromatic carbocycles. The molecular formula is C34H48O6. The minimum atomic E-state index is -0.813. The normalized spacial score (nSPS) is 19.2. The summed E-state index contributed by atoms with van der Waals surface area (Å²) in [5.41, 5.74) is 0.385.